The third kappa shape index (κ3) is 4.11. The minimum absolute atomic E-state index is 0.176. The van der Waals surface area contributed by atoms with E-state index in [0.29, 0.717) is 11.4 Å². The van der Waals surface area contributed by atoms with Crippen LogP contribution in [0.4, 0.5) is 5.69 Å². The Morgan fingerprint density at radius 2 is 2.25 bits per heavy atom. The highest BCUT2D eigenvalue weighted by Crippen LogP contribution is 2.19. The van der Waals surface area contributed by atoms with Gasteiger partial charge in [-0.3, -0.25) is 4.79 Å². The maximum atomic E-state index is 10.9. The van der Waals surface area contributed by atoms with E-state index in [1.54, 1.807) is 0 Å². The van der Waals surface area contributed by atoms with Gasteiger partial charge in [-0.25, -0.2) is 0 Å². The summed E-state index contributed by atoms with van der Waals surface area (Å²) < 4.78 is 4.56. The van der Waals surface area contributed by atoms with Crippen molar-refractivity contribution in [2.24, 2.45) is 0 Å². The van der Waals surface area contributed by atoms with E-state index in [1.807, 2.05) is 25.1 Å². The van der Waals surface area contributed by atoms with Crippen molar-refractivity contribution in [3.63, 3.8) is 0 Å². The Morgan fingerprint density at radius 3 is 2.94 bits per heavy atom. The van der Waals surface area contributed by atoms with E-state index in [9.17, 15) is 4.79 Å². The molecule has 0 bridgehead atoms. The molecule has 3 nitrogen and oxygen atoms in total. The van der Waals surface area contributed by atoms with Crippen molar-refractivity contribution in [1.29, 1.82) is 0 Å². The first-order valence-corrected chi connectivity index (χ1v) is 5.58. The number of carbonyl (C=O) groups is 1. The maximum absolute atomic E-state index is 10.9. The van der Waals surface area contributed by atoms with Crippen molar-refractivity contribution in [3.05, 3.63) is 28.8 Å². The molecule has 0 atom stereocenters. The summed E-state index contributed by atoms with van der Waals surface area (Å²) in [6.07, 6.45) is 1.18. The molecule has 1 aromatic carbocycles. The number of halogens is 1. The van der Waals surface area contributed by atoms with Gasteiger partial charge in [0.25, 0.3) is 0 Å². The number of carbonyl (C=O) groups excluding carboxylic acids is 1. The molecule has 0 amide bonds. The highest BCUT2D eigenvalue weighted by atomic mass is 35.5. The van der Waals surface area contributed by atoms with Crippen LogP contribution >= 0.6 is 11.6 Å². The van der Waals surface area contributed by atoms with E-state index >= 15 is 0 Å². The molecule has 1 aromatic rings. The Balaban J connectivity index is 2.37. The summed E-state index contributed by atoms with van der Waals surface area (Å²) in [6, 6.07) is 5.70. The Kier molecular flexibility index (Phi) is 5.12. The van der Waals surface area contributed by atoms with Gasteiger partial charge in [-0.05, 0) is 31.0 Å². The van der Waals surface area contributed by atoms with E-state index in [-0.39, 0.29) is 5.97 Å². The molecular formula is C12H16ClNO2. The van der Waals surface area contributed by atoms with Crippen LogP contribution in [0.5, 0.6) is 0 Å². The van der Waals surface area contributed by atoms with Crippen molar-refractivity contribution in [2.75, 3.05) is 19.0 Å². The molecule has 4 heteroatoms. The van der Waals surface area contributed by atoms with Crippen LogP contribution in [-0.4, -0.2) is 19.6 Å². The Morgan fingerprint density at radius 1 is 1.50 bits per heavy atom. The minimum Gasteiger partial charge on any atom is -0.469 e. The molecule has 0 spiro atoms. The number of hydrogen-bond donors (Lipinski definition) is 1. The van der Waals surface area contributed by atoms with Gasteiger partial charge >= 0.3 is 5.97 Å². The zero-order valence-electron chi connectivity index (χ0n) is 9.55. The van der Waals surface area contributed by atoms with Crippen LogP contribution in [0, 0.1) is 6.92 Å². The average Bonchev–Trinajstić information content (AvgIpc) is 2.28. The van der Waals surface area contributed by atoms with E-state index in [4.69, 9.17) is 11.6 Å². The number of methoxy groups -OCH3 is 1. The fraction of sp³-hybridized carbons (Fsp3) is 0.417. The molecule has 0 heterocycles. The molecule has 0 unspecified atom stereocenters. The van der Waals surface area contributed by atoms with Crippen molar-refractivity contribution in [1.82, 2.24) is 0 Å². The molecular weight excluding hydrogens is 226 g/mol. The molecule has 0 aliphatic carbocycles. The van der Waals surface area contributed by atoms with Crippen molar-refractivity contribution < 1.29 is 9.53 Å². The summed E-state index contributed by atoms with van der Waals surface area (Å²) in [6.45, 7) is 2.75. The largest absolute Gasteiger partial charge is 0.469 e. The molecule has 88 valence electrons. The number of ether oxygens (including phenoxy) is 1. The number of anilines is 1. The van der Waals surface area contributed by atoms with E-state index in [1.165, 1.54) is 7.11 Å². The van der Waals surface area contributed by atoms with Crippen molar-refractivity contribution in [3.8, 4) is 0 Å². The van der Waals surface area contributed by atoms with Crippen LogP contribution in [0.1, 0.15) is 18.4 Å². The third-order valence-corrected chi connectivity index (χ3v) is 2.54. The molecule has 1 N–H and O–H groups in total. The average molecular weight is 242 g/mol. The maximum Gasteiger partial charge on any atom is 0.305 e. The molecule has 1 rings (SSSR count). The predicted octanol–water partition coefficient (Wildman–Crippen LogP) is 3.01. The molecule has 0 saturated carbocycles. The van der Waals surface area contributed by atoms with Crippen LogP contribution in [0.25, 0.3) is 0 Å². The van der Waals surface area contributed by atoms with Gasteiger partial charge in [0.15, 0.2) is 0 Å². The van der Waals surface area contributed by atoms with Crippen LogP contribution in [0.15, 0.2) is 18.2 Å². The highest BCUT2D eigenvalue weighted by molar-refractivity contribution is 6.30. The SMILES string of the molecule is COC(=O)CCCNc1cc(Cl)ccc1C. The quantitative estimate of drug-likeness (QED) is 0.636. The van der Waals surface area contributed by atoms with Crippen molar-refractivity contribution in [2.45, 2.75) is 19.8 Å². The first kappa shape index (κ1) is 12.8. The molecule has 0 aliphatic rings. The first-order valence-electron chi connectivity index (χ1n) is 5.20. The van der Waals surface area contributed by atoms with Gasteiger partial charge in [0.05, 0.1) is 7.11 Å². The number of aryl methyl sites for hydroxylation is 1. The zero-order chi connectivity index (χ0) is 12.0. The standard InChI is InChI=1S/C12H16ClNO2/c1-9-5-6-10(13)8-11(9)14-7-3-4-12(15)16-2/h5-6,8,14H,3-4,7H2,1-2H3. The summed E-state index contributed by atoms with van der Waals surface area (Å²) in [4.78, 5) is 10.9. The number of rotatable bonds is 5. The second-order valence-electron chi connectivity index (χ2n) is 3.57. The number of esters is 1. The van der Waals surface area contributed by atoms with Gasteiger partial charge < -0.3 is 10.1 Å². The summed E-state index contributed by atoms with van der Waals surface area (Å²) in [5, 5.41) is 3.95. The third-order valence-electron chi connectivity index (χ3n) is 2.30. The lowest BCUT2D eigenvalue weighted by atomic mass is 10.2. The van der Waals surface area contributed by atoms with E-state index < -0.39 is 0 Å². The van der Waals surface area contributed by atoms with Gasteiger partial charge in [-0.15, -0.1) is 0 Å². The molecule has 16 heavy (non-hydrogen) atoms. The van der Waals surface area contributed by atoms with E-state index in [2.05, 4.69) is 10.1 Å². The van der Waals surface area contributed by atoms with Gasteiger partial charge in [-0.2, -0.15) is 0 Å². The predicted molar refractivity (Wildman–Crippen MR) is 65.9 cm³/mol. The highest BCUT2D eigenvalue weighted by Gasteiger charge is 2.01. The topological polar surface area (TPSA) is 38.3 Å². The molecule has 0 aliphatic heterocycles. The fourth-order valence-electron chi connectivity index (χ4n) is 1.34. The van der Waals surface area contributed by atoms with Gasteiger partial charge in [-0.1, -0.05) is 17.7 Å². The molecule has 0 radical (unpaired) electrons. The number of benzene rings is 1. The molecule has 0 saturated heterocycles. The summed E-state index contributed by atoms with van der Waals surface area (Å²) >= 11 is 5.89. The second-order valence-corrected chi connectivity index (χ2v) is 4.00. The first-order chi connectivity index (χ1) is 7.63. The fourth-order valence-corrected chi connectivity index (χ4v) is 1.51. The summed E-state index contributed by atoms with van der Waals surface area (Å²) in [7, 11) is 1.40. The summed E-state index contributed by atoms with van der Waals surface area (Å²) in [5.74, 6) is -0.176. The van der Waals surface area contributed by atoms with Crippen LogP contribution in [0.3, 0.4) is 0 Å². The smallest absolute Gasteiger partial charge is 0.305 e. The second kappa shape index (κ2) is 6.38. The van der Waals surface area contributed by atoms with Gasteiger partial charge in [0.1, 0.15) is 0 Å². The summed E-state index contributed by atoms with van der Waals surface area (Å²) in [5.41, 5.74) is 2.15. The molecule has 0 fully saturated rings. The Labute approximate surface area is 101 Å². The lowest BCUT2D eigenvalue weighted by Crippen LogP contribution is -2.07. The monoisotopic (exact) mass is 241 g/mol. The van der Waals surface area contributed by atoms with Crippen LogP contribution in [-0.2, 0) is 9.53 Å². The normalized spacial score (nSPS) is 9.94. The van der Waals surface area contributed by atoms with Crippen LogP contribution < -0.4 is 5.32 Å². The Hall–Kier alpha value is -1.22. The van der Waals surface area contributed by atoms with Gasteiger partial charge in [0.2, 0.25) is 0 Å². The zero-order valence-corrected chi connectivity index (χ0v) is 10.3. The van der Waals surface area contributed by atoms with E-state index in [0.717, 1.165) is 24.2 Å². The number of hydrogen-bond acceptors (Lipinski definition) is 3. The molecule has 0 aromatic heterocycles. The lowest BCUT2D eigenvalue weighted by Gasteiger charge is -2.09. The Bertz CT molecular complexity index is 366. The van der Waals surface area contributed by atoms with Crippen molar-refractivity contribution >= 4 is 23.3 Å². The minimum atomic E-state index is -0.176. The lowest BCUT2D eigenvalue weighted by molar-refractivity contribution is -0.140. The van der Waals surface area contributed by atoms with Gasteiger partial charge in [0, 0.05) is 23.7 Å². The number of nitrogens with one attached hydrogen (secondary N) is 1. The van der Waals surface area contributed by atoms with Crippen LogP contribution in [0.2, 0.25) is 5.02 Å².